The molecular weight excluding hydrogens is 471 g/mol. The number of fused-ring (bicyclic) bond motifs is 3. The third-order valence-corrected chi connectivity index (χ3v) is 9.14. The highest BCUT2D eigenvalue weighted by Crippen LogP contribution is 2.57. The Morgan fingerprint density at radius 1 is 1.09 bits per heavy atom. The first-order valence-electron chi connectivity index (χ1n) is 10.1. The van der Waals surface area contributed by atoms with Gasteiger partial charge in [0, 0.05) is 12.3 Å². The summed E-state index contributed by atoms with van der Waals surface area (Å²) in [5, 5.41) is 9.14. The Morgan fingerprint density at radius 3 is 2.33 bits per heavy atom. The molecule has 1 fully saturated rings. The summed E-state index contributed by atoms with van der Waals surface area (Å²) in [4.78, 5) is 10.7. The maximum atomic E-state index is 15.1. The van der Waals surface area contributed by atoms with E-state index in [9.17, 15) is 30.8 Å². The van der Waals surface area contributed by atoms with Gasteiger partial charge < -0.3 is 9.84 Å². The van der Waals surface area contributed by atoms with Gasteiger partial charge >= 0.3 is 12.1 Å². The molecule has 1 N–H and O–H groups in total. The first-order chi connectivity index (χ1) is 15.4. The Kier molecular flexibility index (Phi) is 5.66. The van der Waals surface area contributed by atoms with Gasteiger partial charge in [-0.05, 0) is 61.6 Å². The van der Waals surface area contributed by atoms with Gasteiger partial charge in [0.1, 0.15) is 10.6 Å². The van der Waals surface area contributed by atoms with Gasteiger partial charge in [0.25, 0.3) is 0 Å². The van der Waals surface area contributed by atoms with Gasteiger partial charge in [0.05, 0.1) is 22.6 Å². The van der Waals surface area contributed by atoms with Crippen molar-refractivity contribution in [3.05, 3.63) is 59.2 Å². The molecule has 0 aromatic heterocycles. The Bertz CT molecular complexity index is 1190. The van der Waals surface area contributed by atoms with Crippen molar-refractivity contribution < 1.29 is 45.0 Å². The van der Waals surface area contributed by atoms with Crippen LogP contribution in [0, 0.1) is 23.5 Å². The van der Waals surface area contributed by atoms with Crippen molar-refractivity contribution in [1.29, 1.82) is 0 Å². The summed E-state index contributed by atoms with van der Waals surface area (Å²) < 4.78 is 99.7. The molecule has 1 aliphatic carbocycles. The molecule has 33 heavy (non-hydrogen) atoms. The lowest BCUT2D eigenvalue weighted by atomic mass is 9.68. The van der Waals surface area contributed by atoms with Crippen LogP contribution >= 0.6 is 0 Å². The summed E-state index contributed by atoms with van der Waals surface area (Å²) in [6.45, 7) is -0.302. The van der Waals surface area contributed by atoms with E-state index in [4.69, 9.17) is 9.84 Å². The minimum atomic E-state index is -4.68. The highest BCUT2D eigenvalue weighted by molar-refractivity contribution is 7.92. The van der Waals surface area contributed by atoms with Crippen LogP contribution < -0.4 is 4.74 Å². The van der Waals surface area contributed by atoms with E-state index in [0.29, 0.717) is 12.1 Å². The van der Waals surface area contributed by atoms with Crippen molar-refractivity contribution in [2.24, 2.45) is 11.8 Å². The van der Waals surface area contributed by atoms with Crippen LogP contribution in [-0.2, 0) is 25.6 Å². The second kappa shape index (κ2) is 7.96. The highest BCUT2D eigenvalue weighted by Gasteiger charge is 2.59. The molecule has 3 atom stereocenters. The van der Waals surface area contributed by atoms with Crippen LogP contribution in [0.15, 0.2) is 41.3 Å². The van der Waals surface area contributed by atoms with Gasteiger partial charge in [-0.25, -0.2) is 17.2 Å². The number of carboxylic acids is 1. The van der Waals surface area contributed by atoms with Crippen LogP contribution in [0.5, 0.6) is 5.75 Å². The molecule has 0 radical (unpaired) electrons. The average molecular weight is 490 g/mol. The smallest absolute Gasteiger partial charge is 0.416 e. The minimum absolute atomic E-state index is 0.0571. The van der Waals surface area contributed by atoms with Gasteiger partial charge in [-0.2, -0.15) is 13.2 Å². The zero-order valence-electron chi connectivity index (χ0n) is 17.0. The van der Waals surface area contributed by atoms with Crippen LogP contribution in [0.2, 0.25) is 0 Å². The van der Waals surface area contributed by atoms with Crippen LogP contribution in [0.4, 0.5) is 22.0 Å². The molecule has 0 amide bonds. The van der Waals surface area contributed by atoms with Crippen molar-refractivity contribution in [1.82, 2.24) is 0 Å². The Morgan fingerprint density at radius 2 is 1.73 bits per heavy atom. The number of ether oxygens (including phenoxy) is 1. The number of halogens is 5. The lowest BCUT2D eigenvalue weighted by Gasteiger charge is -2.49. The van der Waals surface area contributed by atoms with Crippen molar-refractivity contribution in [2.75, 3.05) is 6.61 Å². The molecule has 5 nitrogen and oxygen atoms in total. The highest BCUT2D eigenvalue weighted by atomic mass is 32.2. The topological polar surface area (TPSA) is 80.7 Å². The van der Waals surface area contributed by atoms with E-state index in [1.807, 2.05) is 0 Å². The summed E-state index contributed by atoms with van der Waals surface area (Å²) in [6, 6.07) is 4.45. The third-order valence-electron chi connectivity index (χ3n) is 6.55. The number of hydrogen-bond donors (Lipinski definition) is 1. The number of benzene rings is 2. The molecule has 0 spiro atoms. The summed E-state index contributed by atoms with van der Waals surface area (Å²) in [5.41, 5.74) is -1.54. The average Bonchev–Trinajstić information content (AvgIpc) is 2.74. The first-order valence-corrected chi connectivity index (χ1v) is 11.6. The number of carbonyl (C=O) groups is 1. The fraction of sp³-hybridized carbons (Fsp3) is 0.409. The standard InChI is InChI=1S/C22H19F5O5S/c23-16-5-6-17(24)20-19(16)21(8-7-12(10-18(28)29)9-14(21)11-32-20)33(30,31)15-3-1-13(2-4-15)22(25,26)27/h1-6,12,14H,7-11H2,(H,28,29). The van der Waals surface area contributed by atoms with E-state index < -0.39 is 72.0 Å². The predicted octanol–water partition coefficient (Wildman–Crippen LogP) is 4.94. The fourth-order valence-corrected chi connectivity index (χ4v) is 7.44. The number of aliphatic carboxylic acids is 1. The molecule has 2 aromatic rings. The van der Waals surface area contributed by atoms with Crippen molar-refractivity contribution in [3.63, 3.8) is 0 Å². The van der Waals surface area contributed by atoms with E-state index in [1.54, 1.807) is 0 Å². The van der Waals surface area contributed by atoms with E-state index >= 15 is 4.39 Å². The van der Waals surface area contributed by atoms with E-state index in [1.165, 1.54) is 0 Å². The van der Waals surface area contributed by atoms with Crippen LogP contribution in [0.25, 0.3) is 0 Å². The maximum absolute atomic E-state index is 15.1. The van der Waals surface area contributed by atoms with Crippen LogP contribution in [0.1, 0.15) is 36.8 Å². The summed E-state index contributed by atoms with van der Waals surface area (Å²) in [5.74, 6) is -4.93. The SMILES string of the molecule is O=C(O)CC1CCC2(S(=O)(=O)c3ccc(C(F)(F)F)cc3)c3c(F)ccc(F)c3OCC2C1. The molecule has 0 bridgehead atoms. The van der Waals surface area contributed by atoms with Crippen LogP contribution in [-0.4, -0.2) is 26.1 Å². The number of sulfone groups is 1. The van der Waals surface area contributed by atoms with E-state index in [0.717, 1.165) is 24.3 Å². The maximum Gasteiger partial charge on any atom is 0.416 e. The molecule has 1 saturated carbocycles. The number of rotatable bonds is 4. The van der Waals surface area contributed by atoms with Gasteiger partial charge in [0.15, 0.2) is 21.4 Å². The molecule has 1 aliphatic heterocycles. The fourth-order valence-electron chi connectivity index (χ4n) is 5.07. The summed E-state index contributed by atoms with van der Waals surface area (Å²) >= 11 is 0. The molecule has 1 heterocycles. The molecule has 2 aromatic carbocycles. The number of hydrogen-bond acceptors (Lipinski definition) is 4. The minimum Gasteiger partial charge on any atom is -0.490 e. The summed E-state index contributed by atoms with van der Waals surface area (Å²) in [6.07, 6.45) is -4.99. The third kappa shape index (κ3) is 3.75. The second-order valence-corrected chi connectivity index (χ2v) is 10.6. The molecular formula is C22H19F5O5S. The second-order valence-electron chi connectivity index (χ2n) is 8.39. The predicted molar refractivity (Wildman–Crippen MR) is 105 cm³/mol. The zero-order chi connectivity index (χ0) is 24.2. The largest absolute Gasteiger partial charge is 0.490 e. The monoisotopic (exact) mass is 490 g/mol. The molecule has 0 saturated heterocycles. The number of alkyl halides is 3. The molecule has 11 heteroatoms. The lowest BCUT2D eigenvalue weighted by molar-refractivity contribution is -0.139. The van der Waals surface area contributed by atoms with Crippen molar-refractivity contribution in [2.45, 2.75) is 41.5 Å². The zero-order valence-corrected chi connectivity index (χ0v) is 17.8. The van der Waals surface area contributed by atoms with Gasteiger partial charge in [-0.1, -0.05) is 0 Å². The molecule has 178 valence electrons. The molecule has 2 aliphatic rings. The molecule has 3 unspecified atom stereocenters. The van der Waals surface area contributed by atoms with E-state index in [-0.39, 0.29) is 32.3 Å². The first kappa shape index (κ1) is 23.5. The van der Waals surface area contributed by atoms with Crippen molar-refractivity contribution >= 4 is 15.8 Å². The Hall–Kier alpha value is -2.69. The number of carboxylic acid groups (broad SMARTS) is 1. The molecule has 4 rings (SSSR count). The normalized spacial score (nSPS) is 25.0. The van der Waals surface area contributed by atoms with Gasteiger partial charge in [0.2, 0.25) is 0 Å². The Labute approximate surface area is 186 Å². The lowest BCUT2D eigenvalue weighted by Crippen LogP contribution is -2.52. The quantitative estimate of drug-likeness (QED) is 0.615. The Balaban J connectivity index is 1.90. The van der Waals surface area contributed by atoms with E-state index in [2.05, 4.69) is 0 Å². The summed E-state index contributed by atoms with van der Waals surface area (Å²) in [7, 11) is -4.55. The van der Waals surface area contributed by atoms with Gasteiger partial charge in [-0.15, -0.1) is 0 Å². The van der Waals surface area contributed by atoms with Gasteiger partial charge in [-0.3, -0.25) is 4.79 Å². The van der Waals surface area contributed by atoms with Crippen molar-refractivity contribution in [3.8, 4) is 5.75 Å². The van der Waals surface area contributed by atoms with Crippen LogP contribution in [0.3, 0.4) is 0 Å².